The van der Waals surface area contributed by atoms with Crippen molar-refractivity contribution in [1.82, 2.24) is 4.90 Å². The molecule has 1 atom stereocenters. The number of hydrogen-bond acceptors (Lipinski definition) is 3. The van der Waals surface area contributed by atoms with Gasteiger partial charge in [0.25, 0.3) is 0 Å². The van der Waals surface area contributed by atoms with E-state index in [0.29, 0.717) is 24.5 Å². The van der Waals surface area contributed by atoms with Crippen LogP contribution in [0.5, 0.6) is 0 Å². The largest absolute Gasteiger partial charge is 0.390 e. The second kappa shape index (κ2) is 6.53. The molecule has 1 aliphatic heterocycles. The van der Waals surface area contributed by atoms with E-state index in [2.05, 4.69) is 11.7 Å². The number of carbonyl (C=O) groups is 1. The first-order valence-electron chi connectivity index (χ1n) is 7.56. The Morgan fingerprint density at radius 3 is 2.91 bits per heavy atom. The monoisotopic (exact) mass is 318 g/mol. The van der Waals surface area contributed by atoms with E-state index >= 15 is 0 Å². The molecule has 1 aromatic carbocycles. The van der Waals surface area contributed by atoms with Crippen molar-refractivity contribution in [2.45, 2.75) is 25.4 Å². The molecule has 22 heavy (non-hydrogen) atoms. The molecule has 1 fully saturated rings. The molecule has 116 valence electrons. The molecular formula is C17H19ClN2O2. The van der Waals surface area contributed by atoms with Crippen molar-refractivity contribution >= 4 is 23.2 Å². The fraction of sp³-hybridized carbons (Fsp3) is 0.412. The summed E-state index contributed by atoms with van der Waals surface area (Å²) in [6, 6.07) is 7.59. The number of amides is 1. The molecule has 3 rings (SSSR count). The van der Waals surface area contributed by atoms with Crippen LogP contribution in [0.2, 0.25) is 5.02 Å². The van der Waals surface area contributed by atoms with Crippen LogP contribution in [0.1, 0.15) is 24.8 Å². The molecule has 0 radical (unpaired) electrons. The lowest BCUT2D eigenvalue weighted by Gasteiger charge is -2.23. The smallest absolute Gasteiger partial charge is 0.226 e. The first-order valence-corrected chi connectivity index (χ1v) is 7.94. The molecule has 5 heteroatoms. The molecule has 0 unspecified atom stereocenters. The molecule has 0 spiro atoms. The van der Waals surface area contributed by atoms with Gasteiger partial charge in [0.1, 0.15) is 0 Å². The van der Waals surface area contributed by atoms with Gasteiger partial charge in [0.2, 0.25) is 5.91 Å². The summed E-state index contributed by atoms with van der Waals surface area (Å²) in [6.45, 7) is 4.82. The van der Waals surface area contributed by atoms with E-state index in [-0.39, 0.29) is 17.9 Å². The average Bonchev–Trinajstić information content (AvgIpc) is 3.27. The highest BCUT2D eigenvalue weighted by atomic mass is 35.5. The number of halogens is 1. The van der Waals surface area contributed by atoms with Gasteiger partial charge in [-0.15, -0.1) is 6.58 Å². The molecule has 0 bridgehead atoms. The Morgan fingerprint density at radius 1 is 1.45 bits per heavy atom. The van der Waals surface area contributed by atoms with Crippen LogP contribution in [-0.2, 0) is 9.63 Å². The Hall–Kier alpha value is -1.81. The van der Waals surface area contributed by atoms with Gasteiger partial charge in [0, 0.05) is 29.5 Å². The van der Waals surface area contributed by atoms with Gasteiger partial charge in [-0.2, -0.15) is 0 Å². The fourth-order valence-corrected chi connectivity index (χ4v) is 2.87. The van der Waals surface area contributed by atoms with Crippen LogP contribution >= 0.6 is 11.6 Å². The molecule has 1 amide bonds. The summed E-state index contributed by atoms with van der Waals surface area (Å²) in [5, 5.41) is 4.82. The number of benzene rings is 1. The summed E-state index contributed by atoms with van der Waals surface area (Å²) in [5.41, 5.74) is 1.74. The van der Waals surface area contributed by atoms with E-state index in [0.717, 1.165) is 24.1 Å². The van der Waals surface area contributed by atoms with E-state index < -0.39 is 0 Å². The van der Waals surface area contributed by atoms with Crippen LogP contribution in [0, 0.1) is 5.92 Å². The van der Waals surface area contributed by atoms with Crippen molar-refractivity contribution < 1.29 is 9.63 Å². The van der Waals surface area contributed by atoms with Crippen molar-refractivity contribution in [3.05, 3.63) is 47.5 Å². The SMILES string of the molecule is C=CCN(C[C@H]1CC(c2ccccc2Cl)=NO1)C(=O)C1CC1. The van der Waals surface area contributed by atoms with Gasteiger partial charge in [-0.05, 0) is 18.9 Å². The minimum Gasteiger partial charge on any atom is -0.390 e. The van der Waals surface area contributed by atoms with Gasteiger partial charge < -0.3 is 9.74 Å². The summed E-state index contributed by atoms with van der Waals surface area (Å²) in [5.74, 6) is 0.403. The second-order valence-corrected chi connectivity index (χ2v) is 6.16. The maximum atomic E-state index is 12.3. The Balaban J connectivity index is 1.62. The number of rotatable bonds is 6. The minimum absolute atomic E-state index is 0.117. The average molecular weight is 319 g/mol. The summed E-state index contributed by atoms with van der Waals surface area (Å²) in [7, 11) is 0. The van der Waals surface area contributed by atoms with Crippen molar-refractivity contribution in [3.8, 4) is 0 Å². The van der Waals surface area contributed by atoms with E-state index in [1.54, 1.807) is 6.08 Å². The van der Waals surface area contributed by atoms with Gasteiger partial charge in [0.05, 0.1) is 12.3 Å². The molecule has 1 saturated carbocycles. The summed E-state index contributed by atoms with van der Waals surface area (Å²) in [4.78, 5) is 19.6. The van der Waals surface area contributed by atoms with Crippen LogP contribution in [0.25, 0.3) is 0 Å². The molecule has 0 aromatic heterocycles. The third kappa shape index (κ3) is 3.33. The van der Waals surface area contributed by atoms with E-state index in [1.165, 1.54) is 0 Å². The normalized spacial score (nSPS) is 20.2. The van der Waals surface area contributed by atoms with Crippen molar-refractivity contribution in [3.63, 3.8) is 0 Å². The lowest BCUT2D eigenvalue weighted by Crippen LogP contribution is -2.38. The molecule has 0 N–H and O–H groups in total. The molecule has 0 saturated heterocycles. The van der Waals surface area contributed by atoms with Gasteiger partial charge >= 0.3 is 0 Å². The van der Waals surface area contributed by atoms with Gasteiger partial charge in [-0.25, -0.2) is 0 Å². The Labute approximate surface area is 135 Å². The maximum absolute atomic E-state index is 12.3. The second-order valence-electron chi connectivity index (χ2n) is 5.76. The van der Waals surface area contributed by atoms with E-state index in [9.17, 15) is 4.79 Å². The highest BCUT2D eigenvalue weighted by Crippen LogP contribution is 2.31. The lowest BCUT2D eigenvalue weighted by molar-refractivity contribution is -0.133. The Bertz CT molecular complexity index is 610. The molecule has 1 aromatic rings. The Kier molecular flexibility index (Phi) is 4.48. The van der Waals surface area contributed by atoms with Gasteiger partial charge in [0.15, 0.2) is 6.10 Å². The van der Waals surface area contributed by atoms with E-state index in [4.69, 9.17) is 16.4 Å². The van der Waals surface area contributed by atoms with Crippen LogP contribution in [0.4, 0.5) is 0 Å². The standard InChI is InChI=1S/C17H19ClN2O2/c1-2-9-20(17(21)12-7-8-12)11-13-10-16(19-22-13)14-5-3-4-6-15(14)18/h2-6,12-13H,1,7-11H2/t13-/m1/s1. The molecule has 2 aliphatic rings. The number of oxime groups is 1. The number of carbonyl (C=O) groups excluding carboxylic acids is 1. The predicted molar refractivity (Wildman–Crippen MR) is 87.0 cm³/mol. The fourth-order valence-electron chi connectivity index (χ4n) is 2.63. The highest BCUT2D eigenvalue weighted by molar-refractivity contribution is 6.34. The summed E-state index contributed by atoms with van der Waals surface area (Å²) >= 11 is 6.19. The zero-order chi connectivity index (χ0) is 15.5. The molecular weight excluding hydrogens is 300 g/mol. The topological polar surface area (TPSA) is 41.9 Å². The van der Waals surface area contributed by atoms with Crippen molar-refractivity contribution in [2.75, 3.05) is 13.1 Å². The Morgan fingerprint density at radius 2 is 2.23 bits per heavy atom. The number of nitrogens with zero attached hydrogens (tertiary/aromatic N) is 2. The minimum atomic E-state index is -0.117. The molecule has 1 aliphatic carbocycles. The van der Waals surface area contributed by atoms with Crippen LogP contribution < -0.4 is 0 Å². The summed E-state index contributed by atoms with van der Waals surface area (Å²) < 4.78 is 0. The first kappa shape index (κ1) is 15.1. The molecule has 1 heterocycles. The zero-order valence-electron chi connectivity index (χ0n) is 12.4. The summed E-state index contributed by atoms with van der Waals surface area (Å²) in [6.07, 6.45) is 4.30. The van der Waals surface area contributed by atoms with Crippen LogP contribution in [-0.4, -0.2) is 35.7 Å². The van der Waals surface area contributed by atoms with E-state index in [1.807, 2.05) is 29.2 Å². The third-order valence-electron chi connectivity index (χ3n) is 3.93. The van der Waals surface area contributed by atoms with Crippen LogP contribution in [0.15, 0.2) is 42.1 Å². The van der Waals surface area contributed by atoms with Gasteiger partial charge in [-0.1, -0.05) is 41.0 Å². The van der Waals surface area contributed by atoms with Crippen molar-refractivity contribution in [1.29, 1.82) is 0 Å². The molecule has 4 nitrogen and oxygen atoms in total. The van der Waals surface area contributed by atoms with Crippen LogP contribution in [0.3, 0.4) is 0 Å². The van der Waals surface area contributed by atoms with Crippen molar-refractivity contribution in [2.24, 2.45) is 11.1 Å². The predicted octanol–water partition coefficient (Wildman–Crippen LogP) is 3.26. The third-order valence-corrected chi connectivity index (χ3v) is 4.26. The maximum Gasteiger partial charge on any atom is 0.226 e. The zero-order valence-corrected chi connectivity index (χ0v) is 13.1. The number of hydrogen-bond donors (Lipinski definition) is 0. The lowest BCUT2D eigenvalue weighted by atomic mass is 10.0. The first-order chi connectivity index (χ1) is 10.7. The van der Waals surface area contributed by atoms with Gasteiger partial charge in [-0.3, -0.25) is 4.79 Å². The highest BCUT2D eigenvalue weighted by Gasteiger charge is 2.35. The quantitative estimate of drug-likeness (QED) is 0.755.